The van der Waals surface area contributed by atoms with E-state index in [1.165, 1.54) is 6.26 Å². The number of aryl methyl sites for hydroxylation is 1. The molecule has 1 fully saturated rings. The lowest BCUT2D eigenvalue weighted by molar-refractivity contribution is 0.111. The highest BCUT2D eigenvalue weighted by Gasteiger charge is 2.32. The smallest absolute Gasteiger partial charge is 0.230 e. The van der Waals surface area contributed by atoms with E-state index in [1.807, 2.05) is 19.1 Å². The summed E-state index contributed by atoms with van der Waals surface area (Å²) in [7, 11) is 0. The van der Waals surface area contributed by atoms with Crippen LogP contribution in [0.2, 0.25) is 0 Å². The molecule has 0 saturated carbocycles. The summed E-state index contributed by atoms with van der Waals surface area (Å²) in [6.45, 7) is 5.07. The summed E-state index contributed by atoms with van der Waals surface area (Å²) in [5, 5.41) is 3.56. The molecule has 29 heavy (non-hydrogen) atoms. The van der Waals surface area contributed by atoms with E-state index in [1.54, 1.807) is 18.6 Å². The molecule has 1 N–H and O–H groups in total. The molecule has 7 nitrogen and oxygen atoms in total. The number of rotatable bonds is 5. The largest absolute Gasteiger partial charge is 0.444 e. The van der Waals surface area contributed by atoms with Crippen molar-refractivity contribution >= 4 is 33.7 Å². The van der Waals surface area contributed by atoms with Gasteiger partial charge in [-0.25, -0.2) is 9.97 Å². The maximum Gasteiger partial charge on any atom is 0.230 e. The van der Waals surface area contributed by atoms with Crippen LogP contribution in [0.1, 0.15) is 35.8 Å². The maximum absolute atomic E-state index is 11.7. The summed E-state index contributed by atoms with van der Waals surface area (Å²) in [6, 6.07) is 4.33. The first-order chi connectivity index (χ1) is 14.1. The Morgan fingerprint density at radius 1 is 1.28 bits per heavy atom. The van der Waals surface area contributed by atoms with Gasteiger partial charge >= 0.3 is 0 Å². The third-order valence-corrected chi connectivity index (χ3v) is 5.83. The predicted molar refractivity (Wildman–Crippen MR) is 115 cm³/mol. The van der Waals surface area contributed by atoms with E-state index in [0.29, 0.717) is 17.1 Å². The highest BCUT2D eigenvalue weighted by atomic mass is 79.9. The van der Waals surface area contributed by atoms with E-state index < -0.39 is 0 Å². The molecule has 1 aliphatic rings. The molecule has 8 heteroatoms. The first-order valence-corrected chi connectivity index (χ1v) is 10.4. The van der Waals surface area contributed by atoms with Crippen LogP contribution in [-0.4, -0.2) is 39.9 Å². The van der Waals surface area contributed by atoms with E-state index in [2.05, 4.69) is 48.0 Å². The van der Waals surface area contributed by atoms with Crippen molar-refractivity contribution in [3.05, 3.63) is 52.7 Å². The Balaban J connectivity index is 1.70. The normalized spacial score (nSPS) is 19.2. The van der Waals surface area contributed by atoms with Crippen molar-refractivity contribution in [3.8, 4) is 11.5 Å². The predicted octanol–water partition coefficient (Wildman–Crippen LogP) is 4.48. The molecule has 2 atom stereocenters. The third-order valence-electron chi connectivity index (χ3n) is 5.36. The molecular weight excluding hydrogens is 434 g/mol. The first kappa shape index (κ1) is 19.6. The number of aromatic nitrogens is 3. The number of halogens is 1. The highest BCUT2D eigenvalue weighted by Crippen LogP contribution is 2.38. The molecule has 4 heterocycles. The molecule has 0 amide bonds. The third kappa shape index (κ3) is 3.89. The van der Waals surface area contributed by atoms with Crippen LogP contribution in [0.5, 0.6) is 0 Å². The summed E-state index contributed by atoms with van der Waals surface area (Å²) in [4.78, 5) is 27.1. The van der Waals surface area contributed by atoms with Crippen LogP contribution in [0.4, 0.5) is 11.5 Å². The summed E-state index contributed by atoms with van der Waals surface area (Å²) >= 11 is 3.42. The van der Waals surface area contributed by atoms with Crippen molar-refractivity contribution < 1.29 is 9.21 Å². The Kier molecular flexibility index (Phi) is 5.62. The number of pyridine rings is 2. The molecule has 0 aromatic carbocycles. The lowest BCUT2D eigenvalue weighted by Gasteiger charge is -2.42. The van der Waals surface area contributed by atoms with Gasteiger partial charge in [0.05, 0.1) is 17.4 Å². The zero-order valence-corrected chi connectivity index (χ0v) is 17.9. The minimum atomic E-state index is 0.170. The summed E-state index contributed by atoms with van der Waals surface area (Å²) in [5.74, 6) is 1.26. The van der Waals surface area contributed by atoms with Gasteiger partial charge in [0.25, 0.3) is 0 Å². The molecule has 0 aliphatic carbocycles. The fourth-order valence-corrected chi connectivity index (χ4v) is 4.17. The van der Waals surface area contributed by atoms with Crippen LogP contribution in [0.15, 0.2) is 45.9 Å². The molecule has 150 valence electrons. The Hall–Kier alpha value is -2.74. The van der Waals surface area contributed by atoms with Crippen molar-refractivity contribution in [2.45, 2.75) is 38.8 Å². The Morgan fingerprint density at radius 3 is 2.83 bits per heavy atom. The number of nitrogens with one attached hydrogen (secondary N) is 1. The number of aldehydes is 1. The number of carbonyl (C=O) groups excluding carboxylic acids is 1. The molecule has 1 aliphatic heterocycles. The number of oxazole rings is 1. The number of hydrogen-bond acceptors (Lipinski definition) is 7. The summed E-state index contributed by atoms with van der Waals surface area (Å²) in [5.41, 5.74) is 2.93. The van der Waals surface area contributed by atoms with Crippen LogP contribution in [0.3, 0.4) is 0 Å². The van der Waals surface area contributed by atoms with Crippen molar-refractivity contribution in [2.24, 2.45) is 0 Å². The SMILES string of the molecule is Cc1cnc(C=O)c(-c2ncco2)c1N1CCC[C@@H](Nc2ccc(Br)cn2)[C@@H]1C. The number of nitrogens with zero attached hydrogens (tertiary/aromatic N) is 4. The standard InChI is InChI=1S/C21H22BrN5O2/c1-13-10-24-17(12-28)19(21-23-7-9-29-21)20(13)27-8-3-4-16(14(27)2)26-18-6-5-15(22)11-25-18/h5-7,9-12,14,16H,3-4,8H2,1-2H3,(H,25,26)/t14-,16+/m0/s1. The number of carbonyl (C=O) groups is 1. The quantitative estimate of drug-likeness (QED) is 0.567. The monoisotopic (exact) mass is 455 g/mol. The number of piperidine rings is 1. The maximum atomic E-state index is 11.7. The average Bonchev–Trinajstić information content (AvgIpc) is 3.26. The minimum absolute atomic E-state index is 0.170. The Bertz CT molecular complexity index is 991. The molecule has 0 spiro atoms. The Morgan fingerprint density at radius 2 is 2.14 bits per heavy atom. The molecule has 1 saturated heterocycles. The van der Waals surface area contributed by atoms with Gasteiger partial charge in [0.15, 0.2) is 6.29 Å². The fourth-order valence-electron chi connectivity index (χ4n) is 3.93. The zero-order valence-electron chi connectivity index (χ0n) is 16.3. The molecule has 4 rings (SSSR count). The van der Waals surface area contributed by atoms with Crippen molar-refractivity contribution in [3.63, 3.8) is 0 Å². The van der Waals surface area contributed by atoms with Crippen molar-refractivity contribution in [1.29, 1.82) is 0 Å². The van der Waals surface area contributed by atoms with Gasteiger partial charge in [0, 0.05) is 35.5 Å². The minimum Gasteiger partial charge on any atom is -0.444 e. The molecule has 0 bridgehead atoms. The molecule has 0 radical (unpaired) electrons. The van der Waals surface area contributed by atoms with E-state index in [4.69, 9.17) is 4.42 Å². The summed E-state index contributed by atoms with van der Waals surface area (Å²) < 4.78 is 6.50. The van der Waals surface area contributed by atoms with Gasteiger partial charge in [0.2, 0.25) is 5.89 Å². The fraction of sp³-hybridized carbons (Fsp3) is 0.333. The molecule has 3 aromatic rings. The van der Waals surface area contributed by atoms with E-state index in [0.717, 1.165) is 47.2 Å². The number of anilines is 2. The van der Waals surface area contributed by atoms with E-state index in [9.17, 15) is 4.79 Å². The van der Waals surface area contributed by atoms with Gasteiger partial charge in [-0.3, -0.25) is 9.78 Å². The molecular formula is C21H22BrN5O2. The van der Waals surface area contributed by atoms with Crippen LogP contribution in [0, 0.1) is 6.92 Å². The van der Waals surface area contributed by atoms with Crippen molar-refractivity contribution in [1.82, 2.24) is 15.0 Å². The second-order valence-electron chi connectivity index (χ2n) is 7.19. The van der Waals surface area contributed by atoms with Crippen LogP contribution in [0.25, 0.3) is 11.5 Å². The highest BCUT2D eigenvalue weighted by molar-refractivity contribution is 9.10. The van der Waals surface area contributed by atoms with E-state index >= 15 is 0 Å². The van der Waals surface area contributed by atoms with Crippen LogP contribution in [-0.2, 0) is 0 Å². The summed E-state index contributed by atoms with van der Waals surface area (Å²) in [6.07, 6.45) is 9.44. The second kappa shape index (κ2) is 8.32. The lowest BCUT2D eigenvalue weighted by atomic mass is 9.94. The topological polar surface area (TPSA) is 84.2 Å². The van der Waals surface area contributed by atoms with Gasteiger partial charge < -0.3 is 14.6 Å². The second-order valence-corrected chi connectivity index (χ2v) is 8.11. The number of hydrogen-bond donors (Lipinski definition) is 1. The average molecular weight is 456 g/mol. The molecule has 0 unspecified atom stereocenters. The van der Waals surface area contributed by atoms with Crippen LogP contribution >= 0.6 is 15.9 Å². The zero-order chi connectivity index (χ0) is 20.4. The van der Waals surface area contributed by atoms with Gasteiger partial charge in [-0.15, -0.1) is 0 Å². The van der Waals surface area contributed by atoms with Gasteiger partial charge in [-0.1, -0.05) is 0 Å². The van der Waals surface area contributed by atoms with E-state index in [-0.39, 0.29) is 12.1 Å². The van der Waals surface area contributed by atoms with Crippen molar-refractivity contribution in [2.75, 3.05) is 16.8 Å². The van der Waals surface area contributed by atoms with Gasteiger partial charge in [0.1, 0.15) is 17.8 Å². The Labute approximate surface area is 177 Å². The van der Waals surface area contributed by atoms with Gasteiger partial charge in [-0.2, -0.15) is 0 Å². The van der Waals surface area contributed by atoms with Crippen LogP contribution < -0.4 is 10.2 Å². The lowest BCUT2D eigenvalue weighted by Crippen LogP contribution is -2.50. The molecule has 3 aromatic heterocycles. The van der Waals surface area contributed by atoms with Gasteiger partial charge in [-0.05, 0) is 60.3 Å². The first-order valence-electron chi connectivity index (χ1n) is 9.58.